The van der Waals surface area contributed by atoms with Gasteiger partial charge in [-0.3, -0.25) is 0 Å². The quantitative estimate of drug-likeness (QED) is 0.393. The highest BCUT2D eigenvalue weighted by Crippen LogP contribution is 2.46. The van der Waals surface area contributed by atoms with Crippen molar-refractivity contribution in [1.82, 2.24) is 4.57 Å². The minimum atomic E-state index is -0.0352. The second kappa shape index (κ2) is 5.32. The largest absolute Gasteiger partial charge is 0.294 e. The van der Waals surface area contributed by atoms with E-state index in [-0.39, 0.29) is 11.0 Å². The molecule has 2 heterocycles. The molecule has 0 aliphatic carbocycles. The highest BCUT2D eigenvalue weighted by Gasteiger charge is 2.51. The molecular formula is C25H25N2+. The second-order valence-corrected chi connectivity index (χ2v) is 8.59. The first-order chi connectivity index (χ1) is 12.9. The Morgan fingerprint density at radius 1 is 0.778 bits per heavy atom. The molecule has 0 fully saturated rings. The van der Waals surface area contributed by atoms with Gasteiger partial charge in [-0.15, -0.1) is 0 Å². The molecule has 0 bridgehead atoms. The van der Waals surface area contributed by atoms with Gasteiger partial charge in [0.25, 0.3) is 5.82 Å². The van der Waals surface area contributed by atoms with E-state index in [0.29, 0.717) is 0 Å². The first kappa shape index (κ1) is 16.3. The maximum absolute atomic E-state index is 2.46. The first-order valence-corrected chi connectivity index (χ1v) is 9.64. The normalized spacial score (nSPS) is 16.7. The minimum Gasteiger partial charge on any atom is -0.224 e. The monoisotopic (exact) mass is 353 g/mol. The lowest BCUT2D eigenvalue weighted by molar-refractivity contribution is -0.759. The zero-order chi connectivity index (χ0) is 18.8. The number of nitrogens with zero attached hydrogens (tertiary/aromatic N) is 2. The molecule has 1 aliphatic rings. The van der Waals surface area contributed by atoms with Gasteiger partial charge in [0.05, 0.1) is 5.56 Å². The molecule has 0 unspecified atom stereocenters. The standard InChI is InChI=1S/C25H25N2/c1-24(2)21-14-8-7-13-20(21)23-26(16-17-27(23)25(24,3)4)22-15-9-11-18-10-5-6-12-19(18)22/h5-17H,1-4H3/q+1. The van der Waals surface area contributed by atoms with E-state index in [1.165, 1.54) is 33.4 Å². The second-order valence-electron chi connectivity index (χ2n) is 8.59. The predicted octanol–water partition coefficient (Wildman–Crippen LogP) is 5.61. The van der Waals surface area contributed by atoms with Gasteiger partial charge in [-0.25, -0.2) is 4.57 Å². The molecule has 2 heteroatoms. The fourth-order valence-corrected chi connectivity index (χ4v) is 4.57. The Morgan fingerprint density at radius 2 is 1.48 bits per heavy atom. The van der Waals surface area contributed by atoms with Crippen LogP contribution in [0.4, 0.5) is 0 Å². The van der Waals surface area contributed by atoms with Crippen LogP contribution in [0.2, 0.25) is 0 Å². The van der Waals surface area contributed by atoms with E-state index < -0.39 is 0 Å². The maximum Gasteiger partial charge on any atom is 0.294 e. The Balaban J connectivity index is 1.88. The van der Waals surface area contributed by atoms with Crippen molar-refractivity contribution in [2.75, 3.05) is 0 Å². The number of aromatic nitrogens is 2. The SMILES string of the molecule is CC1(C)c2ccccc2-c2n(-c3cccc4ccccc34)cc[n+]2C1(C)C. The summed E-state index contributed by atoms with van der Waals surface area (Å²) in [6.45, 7) is 9.41. The third kappa shape index (κ3) is 2.04. The number of hydrogen-bond donors (Lipinski definition) is 0. The van der Waals surface area contributed by atoms with Crippen LogP contribution in [0.1, 0.15) is 33.3 Å². The van der Waals surface area contributed by atoms with E-state index in [9.17, 15) is 0 Å². The Kier molecular flexibility index (Phi) is 3.22. The van der Waals surface area contributed by atoms with Gasteiger partial charge in [0.15, 0.2) is 0 Å². The molecule has 4 aromatic rings. The van der Waals surface area contributed by atoms with Crippen molar-refractivity contribution < 1.29 is 4.57 Å². The predicted molar refractivity (Wildman–Crippen MR) is 111 cm³/mol. The molecule has 134 valence electrons. The molecule has 0 radical (unpaired) electrons. The molecule has 27 heavy (non-hydrogen) atoms. The summed E-state index contributed by atoms with van der Waals surface area (Å²) in [5.74, 6) is 1.26. The van der Waals surface area contributed by atoms with Crippen LogP contribution in [0.3, 0.4) is 0 Å². The fraction of sp³-hybridized carbons (Fsp3) is 0.240. The van der Waals surface area contributed by atoms with Crippen LogP contribution in [0.15, 0.2) is 79.1 Å². The Labute approximate surface area is 160 Å². The zero-order valence-electron chi connectivity index (χ0n) is 16.4. The summed E-state index contributed by atoms with van der Waals surface area (Å²) in [7, 11) is 0. The van der Waals surface area contributed by atoms with Crippen molar-refractivity contribution >= 4 is 10.8 Å². The zero-order valence-corrected chi connectivity index (χ0v) is 16.4. The van der Waals surface area contributed by atoms with Crippen LogP contribution in [0.25, 0.3) is 27.8 Å². The van der Waals surface area contributed by atoms with Crippen molar-refractivity contribution in [2.45, 2.75) is 38.6 Å². The Hall–Kier alpha value is -2.87. The molecule has 0 N–H and O–H groups in total. The molecule has 1 aromatic heterocycles. The molecule has 1 aliphatic heterocycles. The van der Waals surface area contributed by atoms with Gasteiger partial charge >= 0.3 is 0 Å². The Morgan fingerprint density at radius 3 is 2.33 bits per heavy atom. The lowest BCUT2D eigenvalue weighted by Gasteiger charge is -2.43. The van der Waals surface area contributed by atoms with Gasteiger partial charge in [0.1, 0.15) is 23.6 Å². The number of imidazole rings is 1. The summed E-state index contributed by atoms with van der Waals surface area (Å²) in [6.07, 6.45) is 4.46. The van der Waals surface area contributed by atoms with Gasteiger partial charge in [0, 0.05) is 10.8 Å². The smallest absolute Gasteiger partial charge is 0.224 e. The van der Waals surface area contributed by atoms with Crippen LogP contribution < -0.4 is 4.57 Å². The van der Waals surface area contributed by atoms with Gasteiger partial charge in [0.2, 0.25) is 0 Å². The molecule has 2 nitrogen and oxygen atoms in total. The summed E-state index contributed by atoms with van der Waals surface area (Å²) in [5, 5.41) is 2.55. The van der Waals surface area contributed by atoms with Crippen molar-refractivity contribution in [1.29, 1.82) is 0 Å². The van der Waals surface area contributed by atoms with E-state index in [1.54, 1.807) is 0 Å². The number of fused-ring (bicyclic) bond motifs is 4. The fourth-order valence-electron chi connectivity index (χ4n) is 4.57. The summed E-state index contributed by atoms with van der Waals surface area (Å²) >= 11 is 0. The van der Waals surface area contributed by atoms with Crippen LogP contribution in [0.5, 0.6) is 0 Å². The van der Waals surface area contributed by atoms with Gasteiger partial charge in [-0.1, -0.05) is 68.4 Å². The first-order valence-electron chi connectivity index (χ1n) is 9.64. The highest BCUT2D eigenvalue weighted by atomic mass is 15.2. The molecule has 0 atom stereocenters. The topological polar surface area (TPSA) is 8.81 Å². The average Bonchev–Trinajstić information content (AvgIpc) is 3.12. The van der Waals surface area contributed by atoms with E-state index >= 15 is 0 Å². The molecule has 0 saturated heterocycles. The molecule has 0 saturated carbocycles. The summed E-state index contributed by atoms with van der Waals surface area (Å²) in [4.78, 5) is 0. The number of benzene rings is 3. The van der Waals surface area contributed by atoms with E-state index in [2.05, 4.69) is 116 Å². The van der Waals surface area contributed by atoms with Crippen molar-refractivity contribution in [3.05, 3.63) is 84.7 Å². The minimum absolute atomic E-state index is 0.0339. The third-order valence-electron chi connectivity index (χ3n) is 6.82. The van der Waals surface area contributed by atoms with Crippen LogP contribution in [0, 0.1) is 0 Å². The molecule has 5 rings (SSSR count). The average molecular weight is 353 g/mol. The molecule has 3 aromatic carbocycles. The maximum atomic E-state index is 2.46. The summed E-state index contributed by atoms with van der Waals surface area (Å²) < 4.78 is 4.81. The van der Waals surface area contributed by atoms with Crippen molar-refractivity contribution in [2.24, 2.45) is 0 Å². The lowest BCUT2D eigenvalue weighted by Crippen LogP contribution is -2.64. The molecular weight excluding hydrogens is 328 g/mol. The molecule has 0 spiro atoms. The third-order valence-corrected chi connectivity index (χ3v) is 6.82. The lowest BCUT2D eigenvalue weighted by atomic mass is 9.66. The van der Waals surface area contributed by atoms with Crippen LogP contribution in [-0.4, -0.2) is 4.57 Å². The van der Waals surface area contributed by atoms with Crippen molar-refractivity contribution in [3.63, 3.8) is 0 Å². The summed E-state index contributed by atoms with van der Waals surface area (Å²) in [6, 6.07) is 24.0. The van der Waals surface area contributed by atoms with E-state index in [1.807, 2.05) is 0 Å². The van der Waals surface area contributed by atoms with Gasteiger partial charge < -0.3 is 0 Å². The highest BCUT2D eigenvalue weighted by molar-refractivity contribution is 5.90. The summed E-state index contributed by atoms with van der Waals surface area (Å²) in [5.41, 5.74) is 3.96. The van der Waals surface area contributed by atoms with Gasteiger partial charge in [-0.05, 0) is 36.9 Å². The number of rotatable bonds is 1. The van der Waals surface area contributed by atoms with Crippen LogP contribution in [-0.2, 0) is 11.0 Å². The van der Waals surface area contributed by atoms with Crippen LogP contribution >= 0.6 is 0 Å². The number of hydrogen-bond acceptors (Lipinski definition) is 0. The van der Waals surface area contributed by atoms with Crippen molar-refractivity contribution in [3.8, 4) is 17.1 Å². The Bertz CT molecular complexity index is 1170. The van der Waals surface area contributed by atoms with Gasteiger partial charge in [-0.2, -0.15) is 4.57 Å². The molecule has 0 amide bonds. The van der Waals surface area contributed by atoms with E-state index in [0.717, 1.165) is 0 Å². The van der Waals surface area contributed by atoms with E-state index in [4.69, 9.17) is 0 Å².